The second kappa shape index (κ2) is 8.79. The first-order valence-electron chi connectivity index (χ1n) is 9.03. The Bertz CT molecular complexity index is 1050. The van der Waals surface area contributed by atoms with Gasteiger partial charge in [0.25, 0.3) is 17.5 Å². The number of nitrogens with one attached hydrogen (secondary N) is 1. The first-order chi connectivity index (χ1) is 14.0. The third-order valence-corrected chi connectivity index (χ3v) is 4.34. The highest BCUT2D eigenvalue weighted by Crippen LogP contribution is 2.21. The maximum absolute atomic E-state index is 13.0. The van der Waals surface area contributed by atoms with E-state index in [1.165, 1.54) is 18.2 Å². The van der Waals surface area contributed by atoms with Crippen LogP contribution in [-0.4, -0.2) is 23.3 Å². The van der Waals surface area contributed by atoms with Crippen molar-refractivity contribution in [1.29, 1.82) is 0 Å². The molecule has 1 N–H and O–H groups in total. The van der Waals surface area contributed by atoms with Crippen molar-refractivity contribution in [2.24, 2.45) is 0 Å². The fraction of sp³-hybridized carbons (Fsp3) is 0.0909. The summed E-state index contributed by atoms with van der Waals surface area (Å²) in [6.45, 7) is 2.36. The Morgan fingerprint density at radius 2 is 1.66 bits per heavy atom. The number of hydrogen-bond donors (Lipinski definition) is 1. The number of amides is 2. The zero-order valence-corrected chi connectivity index (χ0v) is 15.7. The molecular formula is C22H19N3O4. The van der Waals surface area contributed by atoms with Crippen LogP contribution in [0.1, 0.15) is 27.6 Å². The Morgan fingerprint density at radius 1 is 0.966 bits per heavy atom. The van der Waals surface area contributed by atoms with Crippen LogP contribution < -0.4 is 10.2 Å². The molecule has 0 aromatic heterocycles. The molecular weight excluding hydrogens is 370 g/mol. The fourth-order valence-corrected chi connectivity index (χ4v) is 2.96. The van der Waals surface area contributed by atoms with E-state index in [9.17, 15) is 19.7 Å². The molecule has 0 atom stereocenters. The zero-order chi connectivity index (χ0) is 20.8. The molecule has 0 saturated heterocycles. The van der Waals surface area contributed by atoms with Gasteiger partial charge in [0, 0.05) is 29.5 Å². The van der Waals surface area contributed by atoms with Crippen LogP contribution in [0.4, 0.5) is 17.1 Å². The van der Waals surface area contributed by atoms with Crippen LogP contribution in [-0.2, 0) is 0 Å². The third-order valence-electron chi connectivity index (χ3n) is 4.34. The third kappa shape index (κ3) is 4.47. The van der Waals surface area contributed by atoms with Crippen LogP contribution >= 0.6 is 0 Å². The minimum atomic E-state index is -0.614. The van der Waals surface area contributed by atoms with Crippen LogP contribution in [0.2, 0.25) is 0 Å². The maximum Gasteiger partial charge on any atom is 0.282 e. The SMILES string of the molecule is CCN(C(=O)c1cccc(NC(=O)c2ccccc2[N+](=O)[O-])c1)c1ccccc1. The van der Waals surface area contributed by atoms with Crippen molar-refractivity contribution >= 4 is 28.9 Å². The molecule has 2 amide bonds. The van der Waals surface area contributed by atoms with Crippen molar-refractivity contribution in [3.05, 3.63) is 100 Å². The standard InChI is InChI=1S/C22H19N3O4/c1-2-24(18-11-4-3-5-12-18)22(27)16-9-8-10-17(15-16)23-21(26)19-13-6-7-14-20(19)25(28)29/h3-15H,2H2,1H3,(H,23,26). The van der Waals surface area contributed by atoms with Gasteiger partial charge in [0.15, 0.2) is 0 Å². The van der Waals surface area contributed by atoms with Gasteiger partial charge in [0.2, 0.25) is 0 Å². The largest absolute Gasteiger partial charge is 0.322 e. The zero-order valence-electron chi connectivity index (χ0n) is 15.7. The molecule has 0 aliphatic rings. The lowest BCUT2D eigenvalue weighted by Gasteiger charge is -2.21. The summed E-state index contributed by atoms with van der Waals surface area (Å²) in [4.78, 5) is 37.6. The van der Waals surface area contributed by atoms with Crippen LogP contribution in [0, 0.1) is 10.1 Å². The second-order valence-corrected chi connectivity index (χ2v) is 6.19. The molecule has 0 heterocycles. The Balaban J connectivity index is 1.84. The van der Waals surface area contributed by atoms with Gasteiger partial charge in [-0.25, -0.2) is 0 Å². The molecule has 7 nitrogen and oxygen atoms in total. The van der Waals surface area contributed by atoms with Crippen molar-refractivity contribution in [3.63, 3.8) is 0 Å². The molecule has 0 spiro atoms. The summed E-state index contributed by atoms with van der Waals surface area (Å²) >= 11 is 0. The van der Waals surface area contributed by atoms with Gasteiger partial charge in [-0.15, -0.1) is 0 Å². The van der Waals surface area contributed by atoms with Crippen molar-refractivity contribution in [1.82, 2.24) is 0 Å². The number of benzene rings is 3. The molecule has 3 aromatic rings. The number of hydrogen-bond acceptors (Lipinski definition) is 4. The topological polar surface area (TPSA) is 92.6 Å². The van der Waals surface area contributed by atoms with Crippen molar-refractivity contribution in [2.45, 2.75) is 6.92 Å². The van der Waals surface area contributed by atoms with Gasteiger partial charge >= 0.3 is 0 Å². The van der Waals surface area contributed by atoms with E-state index >= 15 is 0 Å². The van der Waals surface area contributed by atoms with Crippen LogP contribution in [0.5, 0.6) is 0 Å². The highest BCUT2D eigenvalue weighted by atomic mass is 16.6. The van der Waals surface area contributed by atoms with E-state index in [2.05, 4.69) is 5.32 Å². The van der Waals surface area contributed by atoms with Gasteiger partial charge in [0.05, 0.1) is 4.92 Å². The lowest BCUT2D eigenvalue weighted by atomic mass is 10.1. The summed E-state index contributed by atoms with van der Waals surface area (Å²) in [7, 11) is 0. The predicted octanol–water partition coefficient (Wildman–Crippen LogP) is 4.51. The highest BCUT2D eigenvalue weighted by Gasteiger charge is 2.20. The van der Waals surface area contributed by atoms with Gasteiger partial charge in [0.1, 0.15) is 5.56 Å². The summed E-state index contributed by atoms with van der Waals surface area (Å²) in [5.74, 6) is -0.821. The first-order valence-corrected chi connectivity index (χ1v) is 9.03. The molecule has 0 bridgehead atoms. The minimum absolute atomic E-state index is 0.0475. The average molecular weight is 389 g/mol. The van der Waals surface area contributed by atoms with Crippen LogP contribution in [0.25, 0.3) is 0 Å². The lowest BCUT2D eigenvalue weighted by molar-refractivity contribution is -0.385. The molecule has 0 radical (unpaired) electrons. The van der Waals surface area contributed by atoms with Crippen molar-refractivity contribution in [2.75, 3.05) is 16.8 Å². The maximum atomic E-state index is 13.0. The Hall–Kier alpha value is -4.00. The minimum Gasteiger partial charge on any atom is -0.322 e. The first kappa shape index (κ1) is 19.8. The Labute approximate surface area is 167 Å². The molecule has 146 valence electrons. The Kier molecular flexibility index (Phi) is 5.99. The molecule has 0 unspecified atom stereocenters. The summed E-state index contributed by atoms with van der Waals surface area (Å²) < 4.78 is 0. The smallest absolute Gasteiger partial charge is 0.282 e. The van der Waals surface area contributed by atoms with Gasteiger partial charge in [-0.05, 0) is 43.3 Å². The second-order valence-electron chi connectivity index (χ2n) is 6.19. The molecule has 29 heavy (non-hydrogen) atoms. The summed E-state index contributed by atoms with van der Waals surface area (Å²) in [6.07, 6.45) is 0. The van der Waals surface area contributed by atoms with Crippen LogP contribution in [0.3, 0.4) is 0 Å². The number of anilines is 2. The molecule has 3 rings (SSSR count). The van der Waals surface area contributed by atoms with E-state index in [0.29, 0.717) is 17.8 Å². The molecule has 0 fully saturated rings. The molecule has 0 aliphatic heterocycles. The highest BCUT2D eigenvalue weighted by molar-refractivity contribution is 6.09. The molecule has 0 aliphatic carbocycles. The van der Waals surface area contributed by atoms with E-state index in [1.807, 2.05) is 37.3 Å². The van der Waals surface area contributed by atoms with Gasteiger partial charge in [-0.2, -0.15) is 0 Å². The van der Waals surface area contributed by atoms with Gasteiger partial charge in [-0.3, -0.25) is 19.7 Å². The number of nitro groups is 1. The van der Waals surface area contributed by atoms with Crippen LogP contribution in [0.15, 0.2) is 78.9 Å². The van der Waals surface area contributed by atoms with E-state index in [4.69, 9.17) is 0 Å². The summed E-state index contributed by atoms with van der Waals surface area (Å²) in [6, 6.07) is 21.5. The Morgan fingerprint density at radius 3 is 2.34 bits per heavy atom. The predicted molar refractivity (Wildman–Crippen MR) is 111 cm³/mol. The normalized spacial score (nSPS) is 10.2. The molecule has 7 heteroatoms. The quantitative estimate of drug-likeness (QED) is 0.496. The van der Waals surface area contributed by atoms with E-state index in [-0.39, 0.29) is 17.2 Å². The van der Waals surface area contributed by atoms with Crippen molar-refractivity contribution < 1.29 is 14.5 Å². The molecule has 3 aromatic carbocycles. The average Bonchev–Trinajstić information content (AvgIpc) is 2.75. The lowest BCUT2D eigenvalue weighted by Crippen LogP contribution is -2.30. The summed E-state index contributed by atoms with van der Waals surface area (Å²) in [5, 5.41) is 13.8. The number of carbonyl (C=O) groups is 2. The monoisotopic (exact) mass is 389 g/mol. The van der Waals surface area contributed by atoms with Crippen molar-refractivity contribution in [3.8, 4) is 0 Å². The number of carbonyl (C=O) groups excluding carboxylic acids is 2. The van der Waals surface area contributed by atoms with E-state index < -0.39 is 10.8 Å². The number of nitro benzene ring substituents is 1. The van der Waals surface area contributed by atoms with Gasteiger partial charge < -0.3 is 10.2 Å². The number of rotatable bonds is 6. The fourth-order valence-electron chi connectivity index (χ4n) is 2.96. The number of para-hydroxylation sites is 2. The number of nitrogens with zero attached hydrogens (tertiary/aromatic N) is 2. The van der Waals surface area contributed by atoms with E-state index in [1.54, 1.807) is 35.2 Å². The summed E-state index contributed by atoms with van der Waals surface area (Å²) in [5.41, 5.74) is 1.22. The molecule has 0 saturated carbocycles. The van der Waals surface area contributed by atoms with Gasteiger partial charge in [-0.1, -0.05) is 36.4 Å². The van der Waals surface area contributed by atoms with E-state index in [0.717, 1.165) is 5.69 Å².